The lowest BCUT2D eigenvalue weighted by atomic mass is 10.2. The molecule has 0 aliphatic carbocycles. The number of thiophene rings is 1. The van der Waals surface area contributed by atoms with E-state index in [4.69, 9.17) is 20.4 Å². The third-order valence-corrected chi connectivity index (χ3v) is 8.56. The van der Waals surface area contributed by atoms with Gasteiger partial charge in [0.2, 0.25) is 16.0 Å². The maximum atomic E-state index is 11.8. The number of rotatable bonds is 5. The topological polar surface area (TPSA) is 131 Å². The van der Waals surface area contributed by atoms with Crippen molar-refractivity contribution in [2.45, 2.75) is 19.5 Å². The largest absolute Gasteiger partial charge is 0.377 e. The third-order valence-electron chi connectivity index (χ3n) is 6.15. The Bertz CT molecular complexity index is 1270. The molecule has 0 amide bonds. The molecule has 3 aromatic heterocycles. The standard InChI is InChI=1S/C21H28N8O3S2/c1-14-13-32-8-7-29(14)20-18-17(25-19(26-20)15-10-23-21(22)24-11-15)9-16(33-18)12-27-3-5-28(6-4-27)34(2,30)31/h9-11,14H,3-8,12-13H2,1-2H3,(H2,22,23,24)/t14-/m0/s1. The van der Waals surface area contributed by atoms with E-state index in [1.54, 1.807) is 28.0 Å². The normalized spacial score (nSPS) is 20.8. The van der Waals surface area contributed by atoms with Crippen LogP contribution in [0.4, 0.5) is 11.8 Å². The van der Waals surface area contributed by atoms with Crippen LogP contribution in [0.15, 0.2) is 18.5 Å². The van der Waals surface area contributed by atoms with E-state index in [9.17, 15) is 8.42 Å². The van der Waals surface area contributed by atoms with Crippen molar-refractivity contribution in [1.82, 2.24) is 29.1 Å². The number of aromatic nitrogens is 4. The highest BCUT2D eigenvalue weighted by molar-refractivity contribution is 7.88. The van der Waals surface area contributed by atoms with E-state index in [1.807, 2.05) is 0 Å². The Morgan fingerprint density at radius 3 is 2.56 bits per heavy atom. The van der Waals surface area contributed by atoms with E-state index in [0.717, 1.165) is 29.1 Å². The smallest absolute Gasteiger partial charge is 0.219 e. The van der Waals surface area contributed by atoms with E-state index in [1.165, 1.54) is 11.1 Å². The van der Waals surface area contributed by atoms with Crippen molar-refractivity contribution in [2.75, 3.05) is 62.8 Å². The van der Waals surface area contributed by atoms with Crippen molar-refractivity contribution in [3.05, 3.63) is 23.3 Å². The van der Waals surface area contributed by atoms with Crippen molar-refractivity contribution < 1.29 is 13.2 Å². The summed E-state index contributed by atoms with van der Waals surface area (Å²) in [6, 6.07) is 2.30. The summed E-state index contributed by atoms with van der Waals surface area (Å²) in [4.78, 5) is 23.7. The van der Waals surface area contributed by atoms with Crippen LogP contribution in [0.2, 0.25) is 0 Å². The summed E-state index contributed by atoms with van der Waals surface area (Å²) in [5, 5.41) is 0. The molecule has 0 unspecified atom stereocenters. The predicted molar refractivity (Wildman–Crippen MR) is 132 cm³/mol. The molecule has 3 aromatic rings. The maximum absolute atomic E-state index is 11.8. The number of hydrogen-bond acceptors (Lipinski definition) is 11. The van der Waals surface area contributed by atoms with Crippen LogP contribution in [0.25, 0.3) is 21.6 Å². The zero-order valence-corrected chi connectivity index (χ0v) is 20.8. The van der Waals surface area contributed by atoms with Gasteiger partial charge in [0.1, 0.15) is 0 Å². The van der Waals surface area contributed by atoms with Gasteiger partial charge in [0.05, 0.1) is 41.3 Å². The third kappa shape index (κ3) is 4.84. The average molecular weight is 505 g/mol. The number of fused-ring (bicyclic) bond motifs is 1. The first kappa shape index (κ1) is 23.3. The minimum absolute atomic E-state index is 0.192. The number of sulfonamides is 1. The molecule has 0 saturated carbocycles. The van der Waals surface area contributed by atoms with Crippen LogP contribution >= 0.6 is 11.3 Å². The van der Waals surface area contributed by atoms with Crippen molar-refractivity contribution >= 4 is 43.3 Å². The second kappa shape index (κ2) is 9.30. The summed E-state index contributed by atoms with van der Waals surface area (Å²) < 4.78 is 31.9. The first-order chi connectivity index (χ1) is 16.3. The number of hydrogen-bond donors (Lipinski definition) is 1. The van der Waals surface area contributed by atoms with Crippen LogP contribution in [0.3, 0.4) is 0 Å². The zero-order valence-electron chi connectivity index (χ0n) is 19.2. The fraction of sp³-hybridized carbons (Fsp3) is 0.524. The molecule has 2 N–H and O–H groups in total. The number of anilines is 2. The Kier molecular flexibility index (Phi) is 6.37. The van der Waals surface area contributed by atoms with Crippen LogP contribution in [-0.4, -0.2) is 95.8 Å². The summed E-state index contributed by atoms with van der Waals surface area (Å²) >= 11 is 1.69. The van der Waals surface area contributed by atoms with Crippen molar-refractivity contribution in [3.8, 4) is 11.4 Å². The van der Waals surface area contributed by atoms with Gasteiger partial charge in [-0.2, -0.15) is 4.31 Å². The lowest BCUT2D eigenvalue weighted by Gasteiger charge is -2.34. The van der Waals surface area contributed by atoms with Gasteiger partial charge >= 0.3 is 0 Å². The molecule has 0 aromatic carbocycles. The van der Waals surface area contributed by atoms with Crippen LogP contribution in [0.5, 0.6) is 0 Å². The van der Waals surface area contributed by atoms with Gasteiger partial charge in [0.15, 0.2) is 11.6 Å². The number of morpholine rings is 1. The van der Waals surface area contributed by atoms with Gasteiger partial charge in [-0.15, -0.1) is 11.3 Å². The van der Waals surface area contributed by atoms with Crippen molar-refractivity contribution in [1.29, 1.82) is 0 Å². The van der Waals surface area contributed by atoms with Crippen LogP contribution in [0.1, 0.15) is 11.8 Å². The molecule has 34 heavy (non-hydrogen) atoms. The van der Waals surface area contributed by atoms with E-state index in [0.29, 0.717) is 50.8 Å². The average Bonchev–Trinajstić information content (AvgIpc) is 3.21. The zero-order chi connectivity index (χ0) is 23.9. The second-order valence-electron chi connectivity index (χ2n) is 8.68. The second-order valence-corrected chi connectivity index (χ2v) is 11.8. The van der Waals surface area contributed by atoms with E-state index >= 15 is 0 Å². The minimum atomic E-state index is -3.14. The molecule has 13 heteroatoms. The van der Waals surface area contributed by atoms with Crippen molar-refractivity contribution in [2.24, 2.45) is 0 Å². The summed E-state index contributed by atoms with van der Waals surface area (Å²) in [7, 11) is -3.14. The molecule has 2 aliphatic rings. The van der Waals surface area contributed by atoms with Crippen LogP contribution in [0, 0.1) is 0 Å². The van der Waals surface area contributed by atoms with Gasteiger partial charge in [-0.3, -0.25) is 4.90 Å². The molecule has 5 rings (SSSR count). The van der Waals surface area contributed by atoms with Gasteiger partial charge in [-0.05, 0) is 13.0 Å². The molecule has 5 heterocycles. The highest BCUT2D eigenvalue weighted by atomic mass is 32.2. The van der Waals surface area contributed by atoms with Gasteiger partial charge < -0.3 is 15.4 Å². The number of nitrogens with zero attached hydrogens (tertiary/aromatic N) is 7. The number of piperazine rings is 1. The molecule has 2 saturated heterocycles. The molecule has 2 aliphatic heterocycles. The lowest BCUT2D eigenvalue weighted by molar-refractivity contribution is 0.0987. The molecule has 2 fully saturated rings. The Hall–Kier alpha value is -2.45. The first-order valence-corrected chi connectivity index (χ1v) is 13.8. The van der Waals surface area contributed by atoms with Gasteiger partial charge in [0.25, 0.3) is 0 Å². The summed E-state index contributed by atoms with van der Waals surface area (Å²) in [5.41, 5.74) is 7.25. The SMILES string of the molecule is C[C@H]1COCCN1c1nc(-c2cnc(N)nc2)nc2cc(CN3CCN(S(C)(=O)=O)CC3)sc12. The molecular formula is C21H28N8O3S2. The Balaban J connectivity index is 1.47. The van der Waals surface area contributed by atoms with E-state index in [-0.39, 0.29) is 12.0 Å². The van der Waals surface area contributed by atoms with Gasteiger partial charge in [-0.25, -0.2) is 28.4 Å². The minimum Gasteiger partial charge on any atom is -0.377 e. The highest BCUT2D eigenvalue weighted by Crippen LogP contribution is 2.36. The molecule has 0 bridgehead atoms. The van der Waals surface area contributed by atoms with E-state index < -0.39 is 10.0 Å². The number of nitrogen functional groups attached to an aromatic ring is 1. The van der Waals surface area contributed by atoms with E-state index in [2.05, 4.69) is 32.8 Å². The fourth-order valence-electron chi connectivity index (χ4n) is 4.30. The summed E-state index contributed by atoms with van der Waals surface area (Å²) in [6.07, 6.45) is 4.56. The summed E-state index contributed by atoms with van der Waals surface area (Å²) in [5.74, 6) is 1.67. The number of nitrogens with two attached hydrogens (primary N) is 1. The van der Waals surface area contributed by atoms with Gasteiger partial charge in [0, 0.05) is 56.5 Å². The van der Waals surface area contributed by atoms with Gasteiger partial charge in [-0.1, -0.05) is 0 Å². The van der Waals surface area contributed by atoms with Crippen LogP contribution in [-0.2, 0) is 21.3 Å². The maximum Gasteiger partial charge on any atom is 0.219 e. The predicted octanol–water partition coefficient (Wildman–Crippen LogP) is 1.03. The quantitative estimate of drug-likeness (QED) is 0.537. The molecule has 0 spiro atoms. The molecule has 0 radical (unpaired) electrons. The molecular weight excluding hydrogens is 476 g/mol. The molecule has 1 atom stereocenters. The Morgan fingerprint density at radius 2 is 1.88 bits per heavy atom. The summed E-state index contributed by atoms with van der Waals surface area (Å²) in [6.45, 7) is 7.37. The fourth-order valence-corrected chi connectivity index (χ4v) is 6.27. The first-order valence-electron chi connectivity index (χ1n) is 11.2. The number of ether oxygens (including phenoxy) is 1. The Morgan fingerprint density at radius 1 is 1.15 bits per heavy atom. The molecule has 182 valence electrons. The highest BCUT2D eigenvalue weighted by Gasteiger charge is 2.27. The monoisotopic (exact) mass is 504 g/mol. The van der Waals surface area contributed by atoms with Crippen LogP contribution < -0.4 is 10.6 Å². The lowest BCUT2D eigenvalue weighted by Crippen LogP contribution is -2.47. The molecule has 11 nitrogen and oxygen atoms in total. The van der Waals surface area contributed by atoms with Crippen molar-refractivity contribution in [3.63, 3.8) is 0 Å². The Labute approximate surface area is 202 Å².